The first-order valence-electron chi connectivity index (χ1n) is 6.61. The number of rotatable bonds is 6. The van der Waals surface area contributed by atoms with Crippen LogP contribution in [0, 0.1) is 11.6 Å². The van der Waals surface area contributed by atoms with Crippen molar-refractivity contribution in [3.63, 3.8) is 0 Å². The lowest BCUT2D eigenvalue weighted by Crippen LogP contribution is -2.36. The molecule has 0 saturated carbocycles. The largest absolute Gasteiger partial charge is 0.490 e. The molecule has 21 heavy (non-hydrogen) atoms. The van der Waals surface area contributed by atoms with Crippen molar-refractivity contribution >= 4 is 0 Å². The van der Waals surface area contributed by atoms with E-state index in [1.165, 1.54) is 6.07 Å². The lowest BCUT2D eigenvalue weighted by molar-refractivity contribution is 0.0228. The Morgan fingerprint density at radius 3 is 2.43 bits per heavy atom. The number of halogens is 2. The van der Waals surface area contributed by atoms with Crippen LogP contribution in [0.2, 0.25) is 0 Å². The van der Waals surface area contributed by atoms with Gasteiger partial charge in [-0.3, -0.25) is 0 Å². The van der Waals surface area contributed by atoms with Crippen molar-refractivity contribution in [1.82, 2.24) is 0 Å². The van der Waals surface area contributed by atoms with Crippen molar-refractivity contribution in [2.24, 2.45) is 5.73 Å². The third-order valence-electron chi connectivity index (χ3n) is 3.32. The molecule has 2 rings (SSSR count). The monoisotopic (exact) mass is 293 g/mol. The highest BCUT2D eigenvalue weighted by Crippen LogP contribution is 2.25. The van der Waals surface area contributed by atoms with Gasteiger partial charge in [-0.25, -0.2) is 8.78 Å². The van der Waals surface area contributed by atoms with Crippen LogP contribution in [0.4, 0.5) is 8.78 Å². The standard InChI is InChI=1S/C16H17F2NO2/c17-13-6-7-15(14(18)10-13)21-9-8-16(20,11-19)12-4-2-1-3-5-12/h1-7,10,20H,8-9,11,19H2. The lowest BCUT2D eigenvalue weighted by atomic mass is 9.91. The van der Waals surface area contributed by atoms with Gasteiger partial charge < -0.3 is 15.6 Å². The quantitative estimate of drug-likeness (QED) is 0.860. The van der Waals surface area contributed by atoms with Gasteiger partial charge in [0.2, 0.25) is 0 Å². The van der Waals surface area contributed by atoms with E-state index < -0.39 is 17.2 Å². The molecular weight excluding hydrogens is 276 g/mol. The van der Waals surface area contributed by atoms with Gasteiger partial charge in [-0.15, -0.1) is 0 Å². The van der Waals surface area contributed by atoms with Crippen LogP contribution in [-0.4, -0.2) is 18.3 Å². The summed E-state index contributed by atoms with van der Waals surface area (Å²) < 4.78 is 31.5. The van der Waals surface area contributed by atoms with Gasteiger partial charge >= 0.3 is 0 Å². The predicted octanol–water partition coefficient (Wildman–Crippen LogP) is 2.58. The Kier molecular flexibility index (Phi) is 4.88. The summed E-state index contributed by atoms with van der Waals surface area (Å²) in [5.74, 6) is -1.49. The number of nitrogens with two attached hydrogens (primary N) is 1. The molecule has 3 N–H and O–H groups in total. The molecule has 0 aromatic heterocycles. The zero-order valence-corrected chi connectivity index (χ0v) is 11.4. The molecule has 1 atom stereocenters. The van der Waals surface area contributed by atoms with E-state index in [0.717, 1.165) is 12.1 Å². The summed E-state index contributed by atoms with van der Waals surface area (Å²) in [7, 11) is 0. The molecule has 5 heteroatoms. The molecular formula is C16H17F2NO2. The molecule has 2 aromatic carbocycles. The lowest BCUT2D eigenvalue weighted by Gasteiger charge is -2.27. The summed E-state index contributed by atoms with van der Waals surface area (Å²) in [4.78, 5) is 0. The Bertz CT molecular complexity index is 592. The average molecular weight is 293 g/mol. The van der Waals surface area contributed by atoms with Crippen LogP contribution in [0.1, 0.15) is 12.0 Å². The van der Waals surface area contributed by atoms with Gasteiger partial charge in [-0.1, -0.05) is 30.3 Å². The first-order chi connectivity index (χ1) is 10.0. The first kappa shape index (κ1) is 15.4. The molecule has 3 nitrogen and oxygen atoms in total. The van der Waals surface area contributed by atoms with Crippen LogP contribution in [0.5, 0.6) is 5.75 Å². The molecule has 0 aliphatic rings. The summed E-state index contributed by atoms with van der Waals surface area (Å²) in [6.45, 7) is 0.0808. The van der Waals surface area contributed by atoms with Crippen molar-refractivity contribution in [1.29, 1.82) is 0 Å². The van der Waals surface area contributed by atoms with Crippen molar-refractivity contribution in [2.45, 2.75) is 12.0 Å². The molecule has 0 amide bonds. The number of benzene rings is 2. The van der Waals surface area contributed by atoms with Crippen molar-refractivity contribution in [3.05, 3.63) is 65.7 Å². The Balaban J connectivity index is 2.01. The highest BCUT2D eigenvalue weighted by molar-refractivity contribution is 5.25. The second kappa shape index (κ2) is 6.65. The Hall–Kier alpha value is -1.98. The van der Waals surface area contributed by atoms with Crippen LogP contribution in [0.15, 0.2) is 48.5 Å². The minimum Gasteiger partial charge on any atom is -0.490 e. The van der Waals surface area contributed by atoms with Crippen LogP contribution >= 0.6 is 0 Å². The van der Waals surface area contributed by atoms with Gasteiger partial charge in [0.25, 0.3) is 0 Å². The van der Waals surface area contributed by atoms with E-state index in [1.54, 1.807) is 24.3 Å². The highest BCUT2D eigenvalue weighted by Gasteiger charge is 2.27. The molecule has 0 saturated heterocycles. The van der Waals surface area contributed by atoms with Gasteiger partial charge in [0, 0.05) is 19.0 Å². The molecule has 0 spiro atoms. The van der Waals surface area contributed by atoms with E-state index in [4.69, 9.17) is 10.5 Å². The summed E-state index contributed by atoms with van der Waals surface area (Å²) in [6, 6.07) is 12.1. The fraction of sp³-hybridized carbons (Fsp3) is 0.250. The Morgan fingerprint density at radius 1 is 1.10 bits per heavy atom. The van der Waals surface area contributed by atoms with Crippen LogP contribution < -0.4 is 10.5 Å². The average Bonchev–Trinajstić information content (AvgIpc) is 2.50. The minimum atomic E-state index is -1.24. The molecule has 112 valence electrons. The zero-order chi connectivity index (χ0) is 15.3. The molecule has 1 unspecified atom stereocenters. The second-order valence-electron chi connectivity index (χ2n) is 4.77. The van der Waals surface area contributed by atoms with Crippen molar-refractivity contribution in [2.75, 3.05) is 13.2 Å². The number of ether oxygens (including phenoxy) is 1. The minimum absolute atomic E-state index is 0.0201. The molecule has 0 bridgehead atoms. The molecule has 2 aromatic rings. The normalized spacial score (nSPS) is 13.7. The first-order valence-corrected chi connectivity index (χ1v) is 6.61. The van der Waals surface area contributed by atoms with E-state index >= 15 is 0 Å². The van der Waals surface area contributed by atoms with Crippen LogP contribution in [0.25, 0.3) is 0 Å². The molecule has 0 aliphatic heterocycles. The van der Waals surface area contributed by atoms with E-state index in [1.807, 2.05) is 6.07 Å². The molecule has 0 radical (unpaired) electrons. The van der Waals surface area contributed by atoms with E-state index in [9.17, 15) is 13.9 Å². The van der Waals surface area contributed by atoms with E-state index in [0.29, 0.717) is 5.56 Å². The fourth-order valence-electron chi connectivity index (χ4n) is 2.03. The number of hydrogen-bond donors (Lipinski definition) is 2. The summed E-state index contributed by atoms with van der Waals surface area (Å²) in [5, 5.41) is 10.5. The highest BCUT2D eigenvalue weighted by atomic mass is 19.1. The Morgan fingerprint density at radius 2 is 1.81 bits per heavy atom. The topological polar surface area (TPSA) is 55.5 Å². The van der Waals surface area contributed by atoms with Crippen molar-refractivity contribution in [3.8, 4) is 5.75 Å². The predicted molar refractivity (Wildman–Crippen MR) is 75.9 cm³/mol. The maximum Gasteiger partial charge on any atom is 0.167 e. The number of hydrogen-bond acceptors (Lipinski definition) is 3. The van der Waals surface area contributed by atoms with Gasteiger partial charge in [0.1, 0.15) is 11.4 Å². The van der Waals surface area contributed by atoms with Gasteiger partial charge in [-0.2, -0.15) is 0 Å². The third kappa shape index (κ3) is 3.77. The summed E-state index contributed by atoms with van der Waals surface area (Å²) in [5.41, 5.74) is 5.08. The maximum absolute atomic E-state index is 13.4. The van der Waals surface area contributed by atoms with E-state index in [2.05, 4.69) is 0 Å². The SMILES string of the molecule is NCC(O)(CCOc1ccc(F)cc1F)c1ccccc1. The third-order valence-corrected chi connectivity index (χ3v) is 3.32. The van der Waals surface area contributed by atoms with Crippen LogP contribution in [0.3, 0.4) is 0 Å². The fourth-order valence-corrected chi connectivity index (χ4v) is 2.03. The van der Waals surface area contributed by atoms with Crippen LogP contribution in [-0.2, 0) is 5.60 Å². The second-order valence-corrected chi connectivity index (χ2v) is 4.77. The number of aliphatic hydroxyl groups is 1. The van der Waals surface area contributed by atoms with E-state index in [-0.39, 0.29) is 25.3 Å². The zero-order valence-electron chi connectivity index (χ0n) is 11.4. The van der Waals surface area contributed by atoms with Gasteiger partial charge in [0.05, 0.1) is 6.61 Å². The van der Waals surface area contributed by atoms with Gasteiger partial charge in [-0.05, 0) is 17.7 Å². The summed E-state index contributed by atoms with van der Waals surface area (Å²) >= 11 is 0. The van der Waals surface area contributed by atoms with Crippen molar-refractivity contribution < 1.29 is 18.6 Å². The Labute approximate surface area is 122 Å². The summed E-state index contributed by atoms with van der Waals surface area (Å²) in [6.07, 6.45) is 0.199. The van der Waals surface area contributed by atoms with Gasteiger partial charge in [0.15, 0.2) is 11.6 Å². The smallest absolute Gasteiger partial charge is 0.167 e. The molecule has 0 aliphatic carbocycles. The molecule has 0 fully saturated rings. The molecule has 0 heterocycles. The maximum atomic E-state index is 13.4.